The van der Waals surface area contributed by atoms with E-state index in [1.165, 1.54) is 0 Å². The SMILES string of the molecule is O=C(CCNC(=O)c1ccc(Br)cc1)NCc1ccc2c(c1)OCCO2. The number of hydrogen-bond donors (Lipinski definition) is 2. The number of rotatable bonds is 6. The molecule has 0 radical (unpaired) electrons. The Kier molecular flexibility index (Phi) is 6.12. The molecule has 2 aromatic carbocycles. The number of carbonyl (C=O) groups is 2. The predicted molar refractivity (Wildman–Crippen MR) is 100 cm³/mol. The van der Waals surface area contributed by atoms with Crippen LogP contribution in [0.3, 0.4) is 0 Å². The van der Waals surface area contributed by atoms with Crippen molar-refractivity contribution in [3.8, 4) is 11.5 Å². The molecule has 6 nitrogen and oxygen atoms in total. The van der Waals surface area contributed by atoms with E-state index in [4.69, 9.17) is 9.47 Å². The van der Waals surface area contributed by atoms with Crippen LogP contribution in [0.15, 0.2) is 46.9 Å². The summed E-state index contributed by atoms with van der Waals surface area (Å²) < 4.78 is 11.9. The van der Waals surface area contributed by atoms with Crippen LogP contribution in [-0.4, -0.2) is 31.6 Å². The van der Waals surface area contributed by atoms with E-state index in [1.54, 1.807) is 24.3 Å². The van der Waals surface area contributed by atoms with Crippen molar-refractivity contribution in [3.63, 3.8) is 0 Å². The summed E-state index contributed by atoms with van der Waals surface area (Å²) in [6.45, 7) is 1.76. The van der Waals surface area contributed by atoms with E-state index in [-0.39, 0.29) is 24.8 Å². The van der Waals surface area contributed by atoms with E-state index in [1.807, 2.05) is 18.2 Å². The molecule has 3 rings (SSSR count). The number of fused-ring (bicyclic) bond motifs is 1. The van der Waals surface area contributed by atoms with E-state index in [0.717, 1.165) is 15.8 Å². The highest BCUT2D eigenvalue weighted by Gasteiger charge is 2.12. The molecular weight excluding hydrogens is 400 g/mol. The molecule has 0 spiro atoms. The molecule has 0 aromatic heterocycles. The summed E-state index contributed by atoms with van der Waals surface area (Å²) in [6.07, 6.45) is 0.215. The highest BCUT2D eigenvalue weighted by Crippen LogP contribution is 2.30. The summed E-state index contributed by atoms with van der Waals surface area (Å²) in [5.74, 6) is 1.10. The van der Waals surface area contributed by atoms with Crippen molar-refractivity contribution in [2.75, 3.05) is 19.8 Å². The van der Waals surface area contributed by atoms with E-state index in [0.29, 0.717) is 31.1 Å². The molecule has 2 aromatic rings. The first kappa shape index (κ1) is 18.3. The lowest BCUT2D eigenvalue weighted by atomic mass is 10.2. The van der Waals surface area contributed by atoms with Crippen LogP contribution in [0.1, 0.15) is 22.3 Å². The molecule has 0 bridgehead atoms. The van der Waals surface area contributed by atoms with Crippen molar-refractivity contribution >= 4 is 27.7 Å². The van der Waals surface area contributed by atoms with Gasteiger partial charge in [-0.25, -0.2) is 0 Å². The fourth-order valence-corrected chi connectivity index (χ4v) is 2.74. The van der Waals surface area contributed by atoms with Gasteiger partial charge in [-0.2, -0.15) is 0 Å². The summed E-state index contributed by atoms with van der Waals surface area (Å²) in [4.78, 5) is 23.9. The summed E-state index contributed by atoms with van der Waals surface area (Å²) in [7, 11) is 0. The average molecular weight is 419 g/mol. The highest BCUT2D eigenvalue weighted by atomic mass is 79.9. The van der Waals surface area contributed by atoms with Gasteiger partial charge in [0, 0.05) is 29.5 Å². The molecule has 136 valence electrons. The van der Waals surface area contributed by atoms with Crippen LogP contribution < -0.4 is 20.1 Å². The maximum Gasteiger partial charge on any atom is 0.251 e. The van der Waals surface area contributed by atoms with Gasteiger partial charge in [0.1, 0.15) is 13.2 Å². The molecule has 26 heavy (non-hydrogen) atoms. The van der Waals surface area contributed by atoms with Gasteiger partial charge in [-0.1, -0.05) is 22.0 Å². The number of carbonyl (C=O) groups excluding carboxylic acids is 2. The lowest BCUT2D eigenvalue weighted by Gasteiger charge is -2.19. The molecule has 0 saturated carbocycles. The van der Waals surface area contributed by atoms with Crippen molar-refractivity contribution < 1.29 is 19.1 Å². The third-order valence-corrected chi connectivity index (χ3v) is 4.37. The summed E-state index contributed by atoms with van der Waals surface area (Å²) >= 11 is 3.32. The second kappa shape index (κ2) is 8.71. The monoisotopic (exact) mass is 418 g/mol. The number of benzene rings is 2. The topological polar surface area (TPSA) is 76.7 Å². The van der Waals surface area contributed by atoms with Gasteiger partial charge < -0.3 is 20.1 Å². The van der Waals surface area contributed by atoms with Crippen molar-refractivity contribution in [1.29, 1.82) is 0 Å². The first-order valence-electron chi connectivity index (χ1n) is 8.31. The second-order valence-electron chi connectivity index (χ2n) is 5.77. The minimum atomic E-state index is -0.197. The van der Waals surface area contributed by atoms with Crippen molar-refractivity contribution in [1.82, 2.24) is 10.6 Å². The molecule has 0 fully saturated rings. The molecule has 1 aliphatic rings. The lowest BCUT2D eigenvalue weighted by molar-refractivity contribution is -0.121. The fourth-order valence-electron chi connectivity index (χ4n) is 2.48. The second-order valence-corrected chi connectivity index (χ2v) is 6.68. The highest BCUT2D eigenvalue weighted by molar-refractivity contribution is 9.10. The Hall–Kier alpha value is -2.54. The molecule has 1 heterocycles. The molecule has 7 heteroatoms. The van der Waals surface area contributed by atoms with E-state index in [2.05, 4.69) is 26.6 Å². The van der Waals surface area contributed by atoms with Gasteiger partial charge in [0.15, 0.2) is 11.5 Å². The molecule has 2 amide bonds. The number of ether oxygens (including phenoxy) is 2. The Balaban J connectivity index is 1.40. The van der Waals surface area contributed by atoms with Gasteiger partial charge in [0.25, 0.3) is 5.91 Å². The van der Waals surface area contributed by atoms with Crippen LogP contribution in [0.5, 0.6) is 11.5 Å². The number of amides is 2. The predicted octanol–water partition coefficient (Wildman–Crippen LogP) is 2.66. The Morgan fingerprint density at radius 1 is 0.962 bits per heavy atom. The molecule has 0 atom stereocenters. The quantitative estimate of drug-likeness (QED) is 0.755. The van der Waals surface area contributed by atoms with Crippen molar-refractivity contribution in [3.05, 3.63) is 58.1 Å². The Morgan fingerprint density at radius 2 is 1.69 bits per heavy atom. The van der Waals surface area contributed by atoms with Crippen LogP contribution in [0.4, 0.5) is 0 Å². The number of halogens is 1. The summed E-state index contributed by atoms with van der Waals surface area (Å²) in [5.41, 5.74) is 1.49. The van der Waals surface area contributed by atoms with E-state index >= 15 is 0 Å². The van der Waals surface area contributed by atoms with Crippen LogP contribution in [-0.2, 0) is 11.3 Å². The zero-order valence-electron chi connectivity index (χ0n) is 14.1. The number of hydrogen-bond acceptors (Lipinski definition) is 4. The van der Waals surface area contributed by atoms with Crippen molar-refractivity contribution in [2.24, 2.45) is 0 Å². The Labute approximate surface area is 160 Å². The van der Waals surface area contributed by atoms with E-state index < -0.39 is 0 Å². The van der Waals surface area contributed by atoms with Gasteiger partial charge in [-0.15, -0.1) is 0 Å². The first-order chi connectivity index (χ1) is 12.6. The van der Waals surface area contributed by atoms with Gasteiger partial charge in [-0.3, -0.25) is 9.59 Å². The fraction of sp³-hybridized carbons (Fsp3) is 0.263. The normalized spacial score (nSPS) is 12.3. The Morgan fingerprint density at radius 3 is 2.46 bits per heavy atom. The van der Waals surface area contributed by atoms with Gasteiger partial charge >= 0.3 is 0 Å². The van der Waals surface area contributed by atoms with Crippen molar-refractivity contribution in [2.45, 2.75) is 13.0 Å². The van der Waals surface area contributed by atoms with Crippen LogP contribution >= 0.6 is 15.9 Å². The lowest BCUT2D eigenvalue weighted by Crippen LogP contribution is -2.30. The maximum absolute atomic E-state index is 12.0. The van der Waals surface area contributed by atoms with Crippen LogP contribution in [0, 0.1) is 0 Å². The smallest absolute Gasteiger partial charge is 0.251 e. The molecule has 0 aliphatic carbocycles. The molecular formula is C19H19BrN2O4. The maximum atomic E-state index is 12.0. The van der Waals surface area contributed by atoms with Gasteiger partial charge in [-0.05, 0) is 42.0 Å². The largest absolute Gasteiger partial charge is 0.486 e. The van der Waals surface area contributed by atoms with Gasteiger partial charge in [0.2, 0.25) is 5.91 Å². The minimum absolute atomic E-state index is 0.129. The van der Waals surface area contributed by atoms with Crippen LogP contribution in [0.25, 0.3) is 0 Å². The van der Waals surface area contributed by atoms with E-state index in [9.17, 15) is 9.59 Å². The molecule has 1 aliphatic heterocycles. The zero-order chi connectivity index (χ0) is 18.4. The molecule has 2 N–H and O–H groups in total. The third-order valence-electron chi connectivity index (χ3n) is 3.84. The summed E-state index contributed by atoms with van der Waals surface area (Å²) in [5, 5.41) is 5.57. The van der Waals surface area contributed by atoms with Crippen LogP contribution in [0.2, 0.25) is 0 Å². The number of nitrogens with one attached hydrogen (secondary N) is 2. The minimum Gasteiger partial charge on any atom is -0.486 e. The average Bonchev–Trinajstić information content (AvgIpc) is 2.66. The third kappa shape index (κ3) is 4.98. The Bertz CT molecular complexity index is 793. The summed E-state index contributed by atoms with van der Waals surface area (Å²) in [6, 6.07) is 12.6. The first-order valence-corrected chi connectivity index (χ1v) is 9.10. The zero-order valence-corrected chi connectivity index (χ0v) is 15.7. The van der Waals surface area contributed by atoms with Gasteiger partial charge in [0.05, 0.1) is 0 Å². The molecule has 0 saturated heterocycles. The molecule has 0 unspecified atom stereocenters. The standard InChI is InChI=1S/C19H19BrN2O4/c20-15-4-2-14(3-5-15)19(24)21-8-7-18(23)22-12-13-1-6-16-17(11-13)26-10-9-25-16/h1-6,11H,7-10,12H2,(H,21,24)(H,22,23).